The van der Waals surface area contributed by atoms with Gasteiger partial charge in [-0.15, -0.1) is 11.3 Å². The molecule has 0 bridgehead atoms. The number of nitrogens with zero attached hydrogens (tertiary/aromatic N) is 2. The van der Waals surface area contributed by atoms with E-state index in [0.29, 0.717) is 0 Å². The molecule has 1 aromatic heterocycles. The van der Waals surface area contributed by atoms with Crippen molar-refractivity contribution in [3.63, 3.8) is 0 Å². The van der Waals surface area contributed by atoms with Gasteiger partial charge in [0.25, 0.3) is 0 Å². The van der Waals surface area contributed by atoms with E-state index in [1.165, 1.54) is 4.88 Å². The zero-order valence-corrected chi connectivity index (χ0v) is 21.8. The minimum Gasteiger partial charge on any atom is -0.458 e. The molecular weight excluding hydrogens is 436 g/mol. The molecule has 0 unspecified atom stereocenters. The van der Waals surface area contributed by atoms with Gasteiger partial charge in [0.15, 0.2) is 0 Å². The van der Waals surface area contributed by atoms with E-state index in [2.05, 4.69) is 13.8 Å². The maximum atomic E-state index is 13.1. The molecule has 1 saturated carbocycles. The van der Waals surface area contributed by atoms with Gasteiger partial charge in [-0.2, -0.15) is 0 Å². The zero-order valence-electron chi connectivity index (χ0n) is 21.0. The first-order chi connectivity index (χ1) is 15.4. The van der Waals surface area contributed by atoms with Crippen LogP contribution in [0.1, 0.15) is 88.7 Å². The molecule has 0 radical (unpaired) electrons. The van der Waals surface area contributed by atoms with Crippen LogP contribution in [0, 0.1) is 28.6 Å². The molecule has 1 aromatic rings. The molecule has 2 aliphatic carbocycles. The summed E-state index contributed by atoms with van der Waals surface area (Å²) >= 11 is 1.65. The summed E-state index contributed by atoms with van der Waals surface area (Å²) in [4.78, 5) is 33.4. The van der Waals surface area contributed by atoms with Crippen LogP contribution >= 0.6 is 11.3 Å². The quantitative estimate of drug-likeness (QED) is 0.645. The van der Waals surface area contributed by atoms with E-state index in [-0.39, 0.29) is 47.6 Å². The van der Waals surface area contributed by atoms with Gasteiger partial charge in [-0.3, -0.25) is 9.59 Å². The Hall–Kier alpha value is -1.47. The fourth-order valence-corrected chi connectivity index (χ4v) is 7.70. The largest absolute Gasteiger partial charge is 0.458 e. The van der Waals surface area contributed by atoms with Crippen LogP contribution in [0.25, 0.3) is 0 Å². The second-order valence-electron chi connectivity index (χ2n) is 11.9. The van der Waals surface area contributed by atoms with Gasteiger partial charge in [0.05, 0.1) is 17.2 Å². The standard InChI is InChI=1S/C26H40N2O4S/c1-15(23(30)28-11-7-8-12-28)17-9-10-26(6)13-18-21(16(2)20(26)22(17)29)27-19(33-18)14-32-24(31)25(3,4)5/h15-17,20,22,29H,7-14H2,1-6H3/t15-,16-,17-,20+,22-,26-/m0/s1. The molecule has 1 amide bonds. The Kier molecular flexibility index (Phi) is 6.69. The number of carbonyl (C=O) groups is 2. The predicted molar refractivity (Wildman–Crippen MR) is 129 cm³/mol. The van der Waals surface area contributed by atoms with Gasteiger partial charge in [0, 0.05) is 29.8 Å². The summed E-state index contributed by atoms with van der Waals surface area (Å²) in [7, 11) is 0. The highest BCUT2D eigenvalue weighted by Crippen LogP contribution is 2.57. The van der Waals surface area contributed by atoms with Gasteiger partial charge in [-0.05, 0) is 70.1 Å². The topological polar surface area (TPSA) is 79.7 Å². The Morgan fingerprint density at radius 3 is 2.61 bits per heavy atom. The number of carbonyl (C=O) groups excluding carboxylic acids is 2. The van der Waals surface area contributed by atoms with Crippen molar-refractivity contribution >= 4 is 23.2 Å². The molecule has 184 valence electrons. The van der Waals surface area contributed by atoms with Crippen LogP contribution in [-0.4, -0.2) is 46.1 Å². The van der Waals surface area contributed by atoms with Crippen molar-refractivity contribution in [3.8, 4) is 0 Å². The van der Waals surface area contributed by atoms with Crippen molar-refractivity contribution in [3.05, 3.63) is 15.6 Å². The predicted octanol–water partition coefficient (Wildman–Crippen LogP) is 4.54. The lowest BCUT2D eigenvalue weighted by atomic mass is 9.53. The Balaban J connectivity index is 1.51. The molecule has 4 rings (SSSR count). The number of thiazole rings is 1. The number of esters is 1. The molecular formula is C26H40N2O4S. The summed E-state index contributed by atoms with van der Waals surface area (Å²) in [5, 5.41) is 12.4. The third-order valence-electron chi connectivity index (χ3n) is 8.35. The monoisotopic (exact) mass is 476 g/mol. The van der Waals surface area contributed by atoms with Crippen LogP contribution in [0.5, 0.6) is 0 Å². The first kappa shape index (κ1) is 24.6. The first-order valence-electron chi connectivity index (χ1n) is 12.5. The molecule has 1 aliphatic heterocycles. The first-order valence-corrected chi connectivity index (χ1v) is 13.4. The average Bonchev–Trinajstić information content (AvgIpc) is 3.40. The number of aliphatic hydroxyl groups excluding tert-OH is 1. The lowest BCUT2D eigenvalue weighted by molar-refractivity contribution is -0.154. The molecule has 7 heteroatoms. The maximum Gasteiger partial charge on any atom is 0.311 e. The highest BCUT2D eigenvalue weighted by molar-refractivity contribution is 7.11. The number of amides is 1. The Morgan fingerprint density at radius 1 is 1.30 bits per heavy atom. The third kappa shape index (κ3) is 4.60. The van der Waals surface area contributed by atoms with E-state index in [0.717, 1.165) is 55.9 Å². The van der Waals surface area contributed by atoms with E-state index >= 15 is 0 Å². The van der Waals surface area contributed by atoms with Gasteiger partial charge in [0.2, 0.25) is 5.91 Å². The number of aliphatic hydroxyl groups is 1. The Morgan fingerprint density at radius 2 is 1.97 bits per heavy atom. The summed E-state index contributed by atoms with van der Waals surface area (Å²) in [5.41, 5.74) is 0.502. The van der Waals surface area contributed by atoms with Gasteiger partial charge in [0.1, 0.15) is 11.6 Å². The molecule has 0 spiro atoms. The SMILES string of the molecule is C[C@H](C(=O)N1CCCC1)[C@@H]1CC[C@@]2(C)Cc3sc(COC(=O)C(C)(C)C)nc3[C@@H](C)[C@@H]2[C@H]1O. The number of fused-ring (bicyclic) bond motifs is 2. The minimum atomic E-state index is -0.533. The van der Waals surface area contributed by atoms with E-state index in [4.69, 9.17) is 9.72 Å². The Bertz CT molecular complexity index is 901. The lowest BCUT2D eigenvalue weighted by Crippen LogP contribution is -2.53. The fourth-order valence-electron chi connectivity index (χ4n) is 6.41. The summed E-state index contributed by atoms with van der Waals surface area (Å²) in [6, 6.07) is 0. The molecule has 1 saturated heterocycles. The average molecular weight is 477 g/mol. The smallest absolute Gasteiger partial charge is 0.311 e. The van der Waals surface area contributed by atoms with E-state index in [1.807, 2.05) is 32.6 Å². The number of rotatable bonds is 4. The third-order valence-corrected chi connectivity index (χ3v) is 9.40. The van der Waals surface area contributed by atoms with E-state index in [1.54, 1.807) is 11.3 Å². The number of hydrogen-bond acceptors (Lipinski definition) is 6. The lowest BCUT2D eigenvalue weighted by Gasteiger charge is -2.53. The number of likely N-dealkylation sites (tertiary alicyclic amines) is 1. The van der Waals surface area contributed by atoms with Crippen LogP contribution in [0.2, 0.25) is 0 Å². The summed E-state index contributed by atoms with van der Waals surface area (Å²) in [5.74, 6) is 0.00358. The van der Waals surface area contributed by atoms with Crippen LogP contribution in [-0.2, 0) is 27.4 Å². The van der Waals surface area contributed by atoms with Crippen molar-refractivity contribution in [2.24, 2.45) is 28.6 Å². The number of aromatic nitrogens is 1. The second kappa shape index (κ2) is 8.95. The van der Waals surface area contributed by atoms with E-state index in [9.17, 15) is 14.7 Å². The van der Waals surface area contributed by atoms with Crippen molar-refractivity contribution in [1.82, 2.24) is 9.88 Å². The molecule has 1 N–H and O–H groups in total. The second-order valence-corrected chi connectivity index (χ2v) is 13.1. The van der Waals surface area contributed by atoms with Crippen molar-refractivity contribution in [1.29, 1.82) is 0 Å². The summed E-state index contributed by atoms with van der Waals surface area (Å²) in [6.45, 7) is 13.9. The molecule has 0 aromatic carbocycles. The minimum absolute atomic E-state index is 0.00831. The van der Waals surface area contributed by atoms with Gasteiger partial charge < -0.3 is 14.7 Å². The van der Waals surface area contributed by atoms with Crippen LogP contribution < -0.4 is 0 Å². The molecule has 2 heterocycles. The maximum absolute atomic E-state index is 13.1. The summed E-state index contributed by atoms with van der Waals surface area (Å²) in [6.07, 6.45) is 4.43. The van der Waals surface area contributed by atoms with Crippen LogP contribution in [0.4, 0.5) is 0 Å². The Labute approximate surface area is 202 Å². The molecule has 33 heavy (non-hydrogen) atoms. The summed E-state index contributed by atoms with van der Waals surface area (Å²) < 4.78 is 5.51. The molecule has 2 fully saturated rings. The van der Waals surface area contributed by atoms with Crippen molar-refractivity contribution in [2.75, 3.05) is 13.1 Å². The van der Waals surface area contributed by atoms with Gasteiger partial charge in [-0.1, -0.05) is 20.8 Å². The van der Waals surface area contributed by atoms with Gasteiger partial charge >= 0.3 is 5.97 Å². The van der Waals surface area contributed by atoms with Crippen LogP contribution in [0.15, 0.2) is 0 Å². The fraction of sp³-hybridized carbons (Fsp3) is 0.808. The molecule has 6 nitrogen and oxygen atoms in total. The van der Waals surface area contributed by atoms with Gasteiger partial charge in [-0.25, -0.2) is 4.98 Å². The zero-order chi connectivity index (χ0) is 24.1. The normalized spacial score (nSPS) is 32.8. The highest BCUT2D eigenvalue weighted by Gasteiger charge is 2.54. The van der Waals surface area contributed by atoms with Crippen LogP contribution in [0.3, 0.4) is 0 Å². The molecule has 3 aliphatic rings. The highest BCUT2D eigenvalue weighted by atomic mass is 32.1. The van der Waals surface area contributed by atoms with Crippen molar-refractivity contribution < 1.29 is 19.4 Å². The number of hydrogen-bond donors (Lipinski definition) is 1. The van der Waals surface area contributed by atoms with E-state index < -0.39 is 11.5 Å². The molecule has 6 atom stereocenters. The van der Waals surface area contributed by atoms with Crippen molar-refractivity contribution in [2.45, 2.75) is 92.3 Å². The number of ether oxygens (including phenoxy) is 1.